The van der Waals surface area contributed by atoms with Crippen LogP contribution in [0.2, 0.25) is 0 Å². The van der Waals surface area contributed by atoms with Gasteiger partial charge in [0.15, 0.2) is 5.82 Å². The molecule has 0 saturated carbocycles. The molecule has 1 atom stereocenters. The number of nitrogens with one attached hydrogen (secondary N) is 2. The lowest BCUT2D eigenvalue weighted by Gasteiger charge is -2.30. The van der Waals surface area contributed by atoms with E-state index in [4.69, 9.17) is 4.74 Å². The number of H-pyrrole nitrogens is 1. The number of aromatic amines is 1. The van der Waals surface area contributed by atoms with Crippen molar-refractivity contribution in [3.05, 3.63) is 78.8 Å². The second-order valence-electron chi connectivity index (χ2n) is 12.9. The van der Waals surface area contributed by atoms with Crippen molar-refractivity contribution in [2.45, 2.75) is 30.9 Å². The molecule has 50 heavy (non-hydrogen) atoms. The molecular weight excluding hydrogens is 651 g/mol. The summed E-state index contributed by atoms with van der Waals surface area (Å²) in [6.07, 6.45) is 9.64. The van der Waals surface area contributed by atoms with Gasteiger partial charge in [0.25, 0.3) is 0 Å². The molecule has 1 saturated heterocycles. The highest BCUT2D eigenvalue weighted by atomic mass is 32.2. The van der Waals surface area contributed by atoms with E-state index in [1.165, 1.54) is 5.57 Å². The zero-order valence-electron chi connectivity index (χ0n) is 28.6. The molecule has 258 valence electrons. The molecule has 7 rings (SSSR count). The molecule has 2 aliphatic heterocycles. The van der Waals surface area contributed by atoms with E-state index < -0.39 is 0 Å². The second kappa shape index (κ2) is 14.5. The highest BCUT2D eigenvalue weighted by Gasteiger charge is 2.40. The normalized spacial score (nSPS) is 18.0. The summed E-state index contributed by atoms with van der Waals surface area (Å²) >= 11 is 1.71. The number of benzene rings is 2. The lowest BCUT2D eigenvalue weighted by molar-refractivity contribution is -0.131. The first kappa shape index (κ1) is 33.5. The largest absolute Gasteiger partial charge is 0.478 e. The summed E-state index contributed by atoms with van der Waals surface area (Å²) in [5.74, 6) is 1.34. The number of aryl methyl sites for hydroxylation is 1. The standard InChI is InChI=1S/C37H41N9O3S/c1-4-49-33-19-28(11-15-38-33)35-30-20-29(9-10-31(30)41-42-35)40-32(47)21-37(50-3)14-18-45(23-37)22-34(48)46-16-12-26(13-17-46)25-5-7-27(8-6-25)36-39-24-44(2)43-36/h5-12,15,19-20,24H,4,13-14,16-18,21-23H2,1-3H3,(H,40,47)(H,41,42). The Morgan fingerprint density at radius 2 is 1.88 bits per heavy atom. The average Bonchev–Trinajstić information content (AvgIpc) is 3.87. The average molecular weight is 692 g/mol. The van der Waals surface area contributed by atoms with E-state index in [1.54, 1.807) is 29.0 Å². The van der Waals surface area contributed by atoms with Crippen LogP contribution >= 0.6 is 11.8 Å². The molecule has 2 amide bonds. The van der Waals surface area contributed by atoms with Gasteiger partial charge in [0, 0.05) is 78.9 Å². The van der Waals surface area contributed by atoms with Crippen molar-refractivity contribution in [3.8, 4) is 28.5 Å². The molecule has 0 bridgehead atoms. The van der Waals surface area contributed by atoms with Gasteiger partial charge in [-0.15, -0.1) is 0 Å². The van der Waals surface area contributed by atoms with Crippen molar-refractivity contribution in [1.82, 2.24) is 39.7 Å². The number of likely N-dealkylation sites (tertiary alicyclic amines) is 1. The molecule has 1 fully saturated rings. The first-order valence-corrected chi connectivity index (χ1v) is 18.1. The predicted molar refractivity (Wildman–Crippen MR) is 197 cm³/mol. The molecule has 3 aromatic heterocycles. The Kier molecular flexibility index (Phi) is 9.68. The van der Waals surface area contributed by atoms with Crippen LogP contribution in [0.1, 0.15) is 31.7 Å². The van der Waals surface area contributed by atoms with E-state index in [1.807, 2.05) is 61.3 Å². The molecule has 13 heteroatoms. The van der Waals surface area contributed by atoms with Crippen molar-refractivity contribution in [1.29, 1.82) is 0 Å². The third kappa shape index (κ3) is 7.29. The van der Waals surface area contributed by atoms with Crippen LogP contribution in [0.15, 0.2) is 73.2 Å². The number of pyridine rings is 1. The number of hydrogen-bond acceptors (Lipinski definition) is 9. The Hall–Kier alpha value is -5.01. The van der Waals surface area contributed by atoms with E-state index in [9.17, 15) is 9.59 Å². The molecule has 5 heterocycles. The van der Waals surface area contributed by atoms with Crippen LogP contribution < -0.4 is 10.1 Å². The van der Waals surface area contributed by atoms with Gasteiger partial charge in [0.2, 0.25) is 17.7 Å². The lowest BCUT2D eigenvalue weighted by atomic mass is 9.98. The van der Waals surface area contributed by atoms with Crippen LogP contribution in [0.25, 0.3) is 39.1 Å². The molecule has 0 radical (unpaired) electrons. The first-order valence-electron chi connectivity index (χ1n) is 16.9. The quantitative estimate of drug-likeness (QED) is 0.190. The number of amides is 2. The Balaban J connectivity index is 0.931. The number of rotatable bonds is 11. The van der Waals surface area contributed by atoms with Crippen molar-refractivity contribution >= 4 is 45.7 Å². The van der Waals surface area contributed by atoms with Crippen LogP contribution in [0.5, 0.6) is 5.88 Å². The molecule has 2 N–H and O–H groups in total. The van der Waals surface area contributed by atoms with Crippen LogP contribution in [0.3, 0.4) is 0 Å². The molecule has 0 aliphatic carbocycles. The molecular formula is C37H41N9O3S. The lowest BCUT2D eigenvalue weighted by Crippen LogP contribution is -2.43. The Labute approximate surface area is 295 Å². The van der Waals surface area contributed by atoms with E-state index in [0.717, 1.165) is 52.7 Å². The fourth-order valence-electron chi connectivity index (χ4n) is 6.79. The van der Waals surface area contributed by atoms with Gasteiger partial charge < -0.3 is 15.0 Å². The molecule has 5 aromatic rings. The molecule has 2 aromatic carbocycles. The van der Waals surface area contributed by atoms with Gasteiger partial charge in [-0.3, -0.25) is 24.3 Å². The summed E-state index contributed by atoms with van der Waals surface area (Å²) < 4.78 is 7.01. The Morgan fingerprint density at radius 3 is 2.62 bits per heavy atom. The van der Waals surface area contributed by atoms with Gasteiger partial charge in [-0.1, -0.05) is 30.3 Å². The summed E-state index contributed by atoms with van der Waals surface area (Å²) in [7, 11) is 1.86. The zero-order valence-corrected chi connectivity index (χ0v) is 29.4. The van der Waals surface area contributed by atoms with Crippen molar-refractivity contribution in [2.24, 2.45) is 7.05 Å². The molecule has 12 nitrogen and oxygen atoms in total. The number of carbonyl (C=O) groups is 2. The Bertz CT molecular complexity index is 2040. The zero-order chi connectivity index (χ0) is 34.7. The minimum atomic E-state index is -0.256. The van der Waals surface area contributed by atoms with Gasteiger partial charge >= 0.3 is 0 Å². The van der Waals surface area contributed by atoms with Crippen LogP contribution in [0.4, 0.5) is 5.69 Å². The first-order chi connectivity index (χ1) is 24.3. The minimum absolute atomic E-state index is 0.0440. The maximum absolute atomic E-state index is 13.4. The second-order valence-corrected chi connectivity index (χ2v) is 14.1. The number of thioether (sulfide) groups is 1. The van der Waals surface area contributed by atoms with E-state index >= 15 is 0 Å². The van der Waals surface area contributed by atoms with Gasteiger partial charge in [0.05, 0.1) is 18.7 Å². The fraction of sp³-hybridized carbons (Fsp3) is 0.351. The Morgan fingerprint density at radius 1 is 1.04 bits per heavy atom. The van der Waals surface area contributed by atoms with Crippen LogP contribution in [-0.2, 0) is 16.6 Å². The number of carbonyl (C=O) groups excluding carboxylic acids is 2. The third-order valence-corrected chi connectivity index (χ3v) is 10.8. The van der Waals surface area contributed by atoms with Gasteiger partial charge in [-0.05, 0) is 61.4 Å². The smallest absolute Gasteiger partial charge is 0.237 e. The monoisotopic (exact) mass is 691 g/mol. The van der Waals surface area contributed by atoms with Crippen molar-refractivity contribution in [3.63, 3.8) is 0 Å². The number of hydrogen-bond donors (Lipinski definition) is 2. The number of ether oxygens (including phenoxy) is 1. The number of aromatic nitrogens is 6. The minimum Gasteiger partial charge on any atom is -0.478 e. The van der Waals surface area contributed by atoms with Crippen LogP contribution in [-0.4, -0.2) is 102 Å². The maximum atomic E-state index is 13.4. The molecule has 2 aliphatic rings. The SMILES string of the molecule is CCOc1cc(-c2n[nH]c3ccc(NC(=O)CC4(SC)CCN(CC(=O)N5CC=C(c6ccc(-c7ncn(C)n7)cc6)CC5)C4)cc23)ccn1. The summed E-state index contributed by atoms with van der Waals surface area (Å²) in [6, 6.07) is 17.8. The third-order valence-electron chi connectivity index (χ3n) is 9.49. The number of nitrogens with zero attached hydrogens (tertiary/aromatic N) is 7. The summed E-state index contributed by atoms with van der Waals surface area (Å²) in [4.78, 5) is 39.5. The summed E-state index contributed by atoms with van der Waals surface area (Å²) in [6.45, 7) is 5.57. The van der Waals surface area contributed by atoms with Gasteiger partial charge in [0.1, 0.15) is 12.0 Å². The summed E-state index contributed by atoms with van der Waals surface area (Å²) in [5.41, 5.74) is 6.63. The molecule has 1 unspecified atom stereocenters. The van der Waals surface area contributed by atoms with E-state index in [2.05, 4.69) is 59.9 Å². The highest BCUT2D eigenvalue weighted by Crippen LogP contribution is 2.38. The van der Waals surface area contributed by atoms with E-state index in [-0.39, 0.29) is 16.6 Å². The predicted octanol–water partition coefficient (Wildman–Crippen LogP) is 5.27. The summed E-state index contributed by atoms with van der Waals surface area (Å²) in [5, 5.41) is 16.0. The van der Waals surface area contributed by atoms with E-state index in [0.29, 0.717) is 56.6 Å². The topological polar surface area (TPSA) is 134 Å². The fourth-order valence-corrected chi connectivity index (χ4v) is 7.68. The van der Waals surface area contributed by atoms with Crippen molar-refractivity contribution in [2.75, 3.05) is 50.9 Å². The van der Waals surface area contributed by atoms with Gasteiger partial charge in [-0.25, -0.2) is 9.97 Å². The maximum Gasteiger partial charge on any atom is 0.237 e. The molecule has 0 spiro atoms. The highest BCUT2D eigenvalue weighted by molar-refractivity contribution is 8.00. The number of anilines is 1. The number of fused-ring (bicyclic) bond motifs is 1. The van der Waals surface area contributed by atoms with Crippen molar-refractivity contribution < 1.29 is 14.3 Å². The van der Waals surface area contributed by atoms with Crippen LogP contribution in [0, 0.1) is 0 Å². The van der Waals surface area contributed by atoms with Gasteiger partial charge in [-0.2, -0.15) is 22.0 Å².